The number of nitrogens with zero attached hydrogens (tertiary/aromatic N) is 1. The molecule has 0 spiro atoms. The number of rotatable bonds is 11. The van der Waals surface area contributed by atoms with E-state index in [1.807, 2.05) is 42.5 Å². The number of anilines is 1. The molecule has 7 nitrogen and oxygen atoms in total. The molecule has 0 bridgehead atoms. The van der Waals surface area contributed by atoms with Gasteiger partial charge in [0.25, 0.3) is 5.91 Å². The maximum Gasteiger partial charge on any atom is 0.254 e. The van der Waals surface area contributed by atoms with Gasteiger partial charge in [-0.1, -0.05) is 43.8 Å². The Bertz CT molecular complexity index is 1150. The number of nitrogens with one attached hydrogen (secondary N) is 2. The molecule has 3 aromatic rings. The minimum atomic E-state index is -0.231. The maximum atomic E-state index is 12.8. The Morgan fingerprint density at radius 2 is 1.74 bits per heavy atom. The van der Waals surface area contributed by atoms with Gasteiger partial charge >= 0.3 is 0 Å². The van der Waals surface area contributed by atoms with Gasteiger partial charge in [0.1, 0.15) is 5.03 Å². The van der Waals surface area contributed by atoms with Crippen molar-refractivity contribution < 1.29 is 19.1 Å². The third-order valence-electron chi connectivity index (χ3n) is 5.36. The van der Waals surface area contributed by atoms with Gasteiger partial charge in [0.15, 0.2) is 11.5 Å². The van der Waals surface area contributed by atoms with E-state index in [1.165, 1.54) is 17.3 Å². The molecule has 184 valence electrons. The normalized spacial score (nSPS) is 10.7. The second-order valence-electron chi connectivity index (χ2n) is 8.16. The molecule has 35 heavy (non-hydrogen) atoms. The Labute approximate surface area is 210 Å². The number of hydrogen-bond acceptors (Lipinski definition) is 6. The molecule has 0 aliphatic rings. The molecule has 8 heteroatoms. The molecule has 0 saturated heterocycles. The van der Waals surface area contributed by atoms with Gasteiger partial charge in [0.2, 0.25) is 5.91 Å². The number of pyridine rings is 1. The molecule has 0 aliphatic carbocycles. The van der Waals surface area contributed by atoms with Crippen LogP contribution in [0.2, 0.25) is 0 Å². The average molecular weight is 494 g/mol. The minimum absolute atomic E-state index is 0.148. The van der Waals surface area contributed by atoms with Crippen molar-refractivity contribution in [3.8, 4) is 11.5 Å². The summed E-state index contributed by atoms with van der Waals surface area (Å²) in [4.78, 5) is 29.5. The first-order valence-corrected chi connectivity index (χ1v) is 12.4. The Morgan fingerprint density at radius 3 is 2.43 bits per heavy atom. The fraction of sp³-hybridized carbons (Fsp3) is 0.296. The highest BCUT2D eigenvalue weighted by atomic mass is 32.2. The minimum Gasteiger partial charge on any atom is -0.493 e. The first-order valence-electron chi connectivity index (χ1n) is 11.4. The van der Waals surface area contributed by atoms with Crippen molar-refractivity contribution in [2.45, 2.75) is 31.2 Å². The van der Waals surface area contributed by atoms with Gasteiger partial charge in [0, 0.05) is 18.4 Å². The lowest BCUT2D eigenvalue weighted by Gasteiger charge is -2.11. The molecule has 0 fully saturated rings. The summed E-state index contributed by atoms with van der Waals surface area (Å²) in [6.07, 6.45) is 2.25. The number of ether oxygens (including phenoxy) is 2. The van der Waals surface area contributed by atoms with Gasteiger partial charge in [-0.15, -0.1) is 0 Å². The molecule has 1 aromatic heterocycles. The number of hydrogen-bond donors (Lipinski definition) is 2. The second-order valence-corrected chi connectivity index (χ2v) is 9.13. The zero-order valence-corrected chi connectivity index (χ0v) is 21.3. The number of benzene rings is 2. The molecule has 0 unspecified atom stereocenters. The molecule has 2 amide bonds. The number of aromatic nitrogens is 1. The van der Waals surface area contributed by atoms with E-state index < -0.39 is 0 Å². The fourth-order valence-corrected chi connectivity index (χ4v) is 4.20. The van der Waals surface area contributed by atoms with Crippen LogP contribution in [0.25, 0.3) is 0 Å². The first-order chi connectivity index (χ1) is 16.9. The van der Waals surface area contributed by atoms with Crippen molar-refractivity contribution in [2.75, 3.05) is 31.8 Å². The third-order valence-corrected chi connectivity index (χ3v) is 6.37. The van der Waals surface area contributed by atoms with Gasteiger partial charge < -0.3 is 20.1 Å². The molecule has 0 atom stereocenters. The molecule has 0 aliphatic heterocycles. The summed E-state index contributed by atoms with van der Waals surface area (Å²) in [7, 11) is 3.18. The van der Waals surface area contributed by atoms with E-state index in [-0.39, 0.29) is 17.6 Å². The number of thioether (sulfide) groups is 1. The van der Waals surface area contributed by atoms with E-state index in [4.69, 9.17) is 9.47 Å². The lowest BCUT2D eigenvalue weighted by atomic mass is 10.0. The van der Waals surface area contributed by atoms with Crippen LogP contribution in [-0.4, -0.2) is 43.3 Å². The molecule has 2 aromatic carbocycles. The number of carbonyl (C=O) groups is 2. The summed E-state index contributed by atoms with van der Waals surface area (Å²) in [6, 6.07) is 16.9. The van der Waals surface area contributed by atoms with E-state index in [2.05, 4.69) is 29.5 Å². The summed E-state index contributed by atoms with van der Waals surface area (Å²) in [5.74, 6) is 1.51. The molecule has 0 saturated carbocycles. The van der Waals surface area contributed by atoms with Crippen LogP contribution in [0.1, 0.15) is 41.3 Å². The molecule has 2 N–H and O–H groups in total. The van der Waals surface area contributed by atoms with Gasteiger partial charge in [0.05, 0.1) is 25.5 Å². The molecule has 1 heterocycles. The van der Waals surface area contributed by atoms with Gasteiger partial charge in [-0.3, -0.25) is 9.59 Å². The van der Waals surface area contributed by atoms with Crippen molar-refractivity contribution >= 4 is 29.3 Å². The Balaban J connectivity index is 1.53. The largest absolute Gasteiger partial charge is 0.493 e. The van der Waals surface area contributed by atoms with E-state index >= 15 is 0 Å². The van der Waals surface area contributed by atoms with Crippen LogP contribution in [0.4, 0.5) is 5.69 Å². The van der Waals surface area contributed by atoms with Crippen molar-refractivity contribution in [2.24, 2.45) is 0 Å². The highest BCUT2D eigenvalue weighted by Crippen LogP contribution is 2.27. The molecular formula is C27H31N3O4S. The van der Waals surface area contributed by atoms with Crippen molar-refractivity contribution in [1.29, 1.82) is 0 Å². The second kappa shape index (κ2) is 12.8. The number of methoxy groups -OCH3 is 2. The SMILES string of the molecule is COc1ccc(CCNC(=O)c2cccnc2SCC(=O)Nc2ccc(C(C)C)cc2)cc1OC. The van der Waals surface area contributed by atoms with Crippen LogP contribution in [0.5, 0.6) is 11.5 Å². The van der Waals surface area contributed by atoms with Crippen LogP contribution in [0, 0.1) is 0 Å². The topological polar surface area (TPSA) is 89.5 Å². The predicted molar refractivity (Wildman–Crippen MR) is 140 cm³/mol. The monoisotopic (exact) mass is 493 g/mol. The summed E-state index contributed by atoms with van der Waals surface area (Å²) >= 11 is 1.24. The molecule has 3 rings (SSSR count). The lowest BCUT2D eigenvalue weighted by molar-refractivity contribution is -0.113. The van der Waals surface area contributed by atoms with Crippen LogP contribution in [0.3, 0.4) is 0 Å². The van der Waals surface area contributed by atoms with Crippen LogP contribution < -0.4 is 20.1 Å². The lowest BCUT2D eigenvalue weighted by Crippen LogP contribution is -2.26. The molecule has 0 radical (unpaired) electrons. The van der Waals surface area contributed by atoms with Gasteiger partial charge in [-0.25, -0.2) is 4.98 Å². The standard InChI is InChI=1S/C27H31N3O4S/c1-18(2)20-8-10-21(11-9-20)30-25(31)17-35-27-22(6-5-14-29-27)26(32)28-15-13-19-7-12-23(33-3)24(16-19)34-4/h5-12,14,16,18H,13,15,17H2,1-4H3,(H,28,32)(H,30,31). The number of amides is 2. The Hall–Kier alpha value is -3.52. The van der Waals surface area contributed by atoms with E-state index in [0.717, 1.165) is 11.3 Å². The van der Waals surface area contributed by atoms with Crippen LogP contribution >= 0.6 is 11.8 Å². The highest BCUT2D eigenvalue weighted by Gasteiger charge is 2.14. The quantitative estimate of drug-likeness (QED) is 0.368. The van der Waals surface area contributed by atoms with E-state index in [1.54, 1.807) is 32.5 Å². The summed E-state index contributed by atoms with van der Waals surface area (Å²) in [5, 5.41) is 6.34. The Kier molecular flexibility index (Phi) is 9.55. The van der Waals surface area contributed by atoms with Crippen LogP contribution in [-0.2, 0) is 11.2 Å². The number of carbonyl (C=O) groups excluding carboxylic acids is 2. The summed E-state index contributed by atoms with van der Waals surface area (Å²) < 4.78 is 10.6. The summed E-state index contributed by atoms with van der Waals surface area (Å²) in [5.41, 5.74) is 3.42. The van der Waals surface area contributed by atoms with Crippen molar-refractivity contribution in [3.05, 3.63) is 77.5 Å². The van der Waals surface area contributed by atoms with Crippen molar-refractivity contribution in [3.63, 3.8) is 0 Å². The average Bonchev–Trinajstić information content (AvgIpc) is 2.87. The highest BCUT2D eigenvalue weighted by molar-refractivity contribution is 8.00. The zero-order valence-electron chi connectivity index (χ0n) is 20.5. The van der Waals surface area contributed by atoms with Gasteiger partial charge in [-0.2, -0.15) is 0 Å². The first kappa shape index (κ1) is 26.1. The third kappa shape index (κ3) is 7.48. The Morgan fingerprint density at radius 1 is 1.00 bits per heavy atom. The fourth-order valence-electron chi connectivity index (χ4n) is 3.41. The van der Waals surface area contributed by atoms with E-state index in [9.17, 15) is 9.59 Å². The van der Waals surface area contributed by atoms with Crippen LogP contribution in [0.15, 0.2) is 65.8 Å². The maximum absolute atomic E-state index is 12.8. The smallest absolute Gasteiger partial charge is 0.254 e. The summed E-state index contributed by atoms with van der Waals surface area (Å²) in [6.45, 7) is 4.70. The van der Waals surface area contributed by atoms with Crippen molar-refractivity contribution in [1.82, 2.24) is 10.3 Å². The zero-order chi connectivity index (χ0) is 25.2. The van der Waals surface area contributed by atoms with E-state index in [0.29, 0.717) is 41.0 Å². The van der Waals surface area contributed by atoms with Gasteiger partial charge in [-0.05, 0) is 59.9 Å². The predicted octanol–water partition coefficient (Wildman–Crippen LogP) is 4.93. The molecular weight excluding hydrogens is 462 g/mol.